The monoisotopic (exact) mass is 265 g/mol. The first-order chi connectivity index (χ1) is 9.15. The number of hydrogen-bond acceptors (Lipinski definition) is 5. The van der Waals surface area contributed by atoms with E-state index in [2.05, 4.69) is 4.90 Å². The number of rotatable bonds is 3. The third kappa shape index (κ3) is 2.98. The summed E-state index contributed by atoms with van der Waals surface area (Å²) in [6.45, 7) is 4.37. The van der Waals surface area contributed by atoms with Crippen LogP contribution in [0.15, 0.2) is 18.2 Å². The SMILES string of the molecule is COC(=O)c1ccc(N2CCOC(C)C2)c(OC)c1. The second kappa shape index (κ2) is 5.93. The molecular weight excluding hydrogens is 246 g/mol. The molecule has 1 heterocycles. The first-order valence-corrected chi connectivity index (χ1v) is 6.28. The van der Waals surface area contributed by atoms with Crippen molar-refractivity contribution in [3.05, 3.63) is 23.8 Å². The summed E-state index contributed by atoms with van der Waals surface area (Å²) in [7, 11) is 2.97. The third-order valence-electron chi connectivity index (χ3n) is 3.18. The van der Waals surface area contributed by atoms with E-state index in [9.17, 15) is 4.79 Å². The summed E-state index contributed by atoms with van der Waals surface area (Å²) in [4.78, 5) is 13.7. The van der Waals surface area contributed by atoms with Crippen molar-refractivity contribution in [2.24, 2.45) is 0 Å². The topological polar surface area (TPSA) is 48.0 Å². The Labute approximate surface area is 113 Å². The second-order valence-corrected chi connectivity index (χ2v) is 4.51. The van der Waals surface area contributed by atoms with Gasteiger partial charge in [0.15, 0.2) is 0 Å². The van der Waals surface area contributed by atoms with Gasteiger partial charge in [0.2, 0.25) is 0 Å². The summed E-state index contributed by atoms with van der Waals surface area (Å²) in [5.74, 6) is 0.317. The quantitative estimate of drug-likeness (QED) is 0.779. The zero-order valence-electron chi connectivity index (χ0n) is 11.5. The molecule has 1 atom stereocenters. The Kier molecular flexibility index (Phi) is 4.27. The highest BCUT2D eigenvalue weighted by atomic mass is 16.5. The fourth-order valence-corrected chi connectivity index (χ4v) is 2.22. The molecule has 19 heavy (non-hydrogen) atoms. The molecule has 0 aromatic heterocycles. The minimum atomic E-state index is -0.361. The van der Waals surface area contributed by atoms with Crippen molar-refractivity contribution in [2.45, 2.75) is 13.0 Å². The molecule has 2 rings (SSSR count). The van der Waals surface area contributed by atoms with Gasteiger partial charge in [-0.3, -0.25) is 0 Å². The van der Waals surface area contributed by atoms with Crippen LogP contribution in [0.5, 0.6) is 5.75 Å². The highest BCUT2D eigenvalue weighted by Crippen LogP contribution is 2.30. The Hall–Kier alpha value is -1.75. The number of benzene rings is 1. The molecule has 5 nitrogen and oxygen atoms in total. The van der Waals surface area contributed by atoms with Crippen molar-refractivity contribution < 1.29 is 19.0 Å². The van der Waals surface area contributed by atoms with Gasteiger partial charge >= 0.3 is 5.97 Å². The molecule has 1 aliphatic rings. The van der Waals surface area contributed by atoms with Crippen LogP contribution in [-0.2, 0) is 9.47 Å². The lowest BCUT2D eigenvalue weighted by atomic mass is 10.1. The number of carbonyl (C=O) groups excluding carboxylic acids is 1. The summed E-state index contributed by atoms with van der Waals surface area (Å²) in [6, 6.07) is 5.36. The van der Waals surface area contributed by atoms with Crippen LogP contribution in [0.1, 0.15) is 17.3 Å². The third-order valence-corrected chi connectivity index (χ3v) is 3.18. The highest BCUT2D eigenvalue weighted by molar-refractivity contribution is 5.90. The largest absolute Gasteiger partial charge is 0.495 e. The lowest BCUT2D eigenvalue weighted by Crippen LogP contribution is -2.41. The molecule has 0 saturated carbocycles. The molecule has 0 N–H and O–H groups in total. The van der Waals surface area contributed by atoms with Crippen LogP contribution in [0.3, 0.4) is 0 Å². The molecule has 5 heteroatoms. The van der Waals surface area contributed by atoms with Gasteiger partial charge in [0.1, 0.15) is 5.75 Å². The minimum Gasteiger partial charge on any atom is -0.495 e. The van der Waals surface area contributed by atoms with Gasteiger partial charge in [-0.05, 0) is 25.1 Å². The van der Waals surface area contributed by atoms with E-state index in [0.717, 1.165) is 18.8 Å². The molecule has 0 aliphatic carbocycles. The summed E-state index contributed by atoms with van der Waals surface area (Å²) >= 11 is 0. The Balaban J connectivity index is 2.27. The number of esters is 1. The van der Waals surface area contributed by atoms with Crippen LogP contribution in [0.4, 0.5) is 5.69 Å². The maximum atomic E-state index is 11.5. The Morgan fingerprint density at radius 2 is 2.21 bits per heavy atom. The molecule has 104 valence electrons. The van der Waals surface area contributed by atoms with E-state index < -0.39 is 0 Å². The molecule has 0 radical (unpaired) electrons. The van der Waals surface area contributed by atoms with Crippen LogP contribution >= 0.6 is 0 Å². The van der Waals surface area contributed by atoms with Crippen molar-refractivity contribution in [3.8, 4) is 5.75 Å². The zero-order valence-corrected chi connectivity index (χ0v) is 11.5. The molecule has 1 aromatic rings. The molecule has 0 amide bonds. The minimum absolute atomic E-state index is 0.193. The van der Waals surface area contributed by atoms with Crippen LogP contribution in [0.25, 0.3) is 0 Å². The van der Waals surface area contributed by atoms with E-state index in [1.165, 1.54) is 7.11 Å². The second-order valence-electron chi connectivity index (χ2n) is 4.51. The number of morpholine rings is 1. The standard InChI is InChI=1S/C14H19NO4/c1-10-9-15(6-7-19-10)12-5-4-11(14(16)18-3)8-13(12)17-2/h4-5,8,10H,6-7,9H2,1-3H3. The number of nitrogens with zero attached hydrogens (tertiary/aromatic N) is 1. The van der Waals surface area contributed by atoms with Gasteiger partial charge in [-0.2, -0.15) is 0 Å². The fraction of sp³-hybridized carbons (Fsp3) is 0.500. The molecule has 1 aliphatic heterocycles. The summed E-state index contributed by atoms with van der Waals surface area (Å²) in [5.41, 5.74) is 1.47. The number of methoxy groups -OCH3 is 2. The van der Waals surface area contributed by atoms with Crippen molar-refractivity contribution in [1.82, 2.24) is 0 Å². The Bertz CT molecular complexity index is 461. The van der Waals surface area contributed by atoms with Gasteiger partial charge in [-0.1, -0.05) is 0 Å². The fourth-order valence-electron chi connectivity index (χ4n) is 2.22. The predicted octanol–water partition coefficient (Wildman–Crippen LogP) is 1.71. The summed E-state index contributed by atoms with van der Waals surface area (Å²) in [5, 5.41) is 0. The van der Waals surface area contributed by atoms with Gasteiger partial charge < -0.3 is 19.1 Å². The van der Waals surface area contributed by atoms with E-state index in [1.807, 2.05) is 13.0 Å². The summed E-state index contributed by atoms with van der Waals surface area (Å²) < 4.78 is 15.6. The van der Waals surface area contributed by atoms with Gasteiger partial charge in [-0.15, -0.1) is 0 Å². The average Bonchev–Trinajstić information content (AvgIpc) is 2.45. The number of carbonyl (C=O) groups is 1. The summed E-state index contributed by atoms with van der Waals surface area (Å²) in [6.07, 6.45) is 0.193. The van der Waals surface area contributed by atoms with Gasteiger partial charge in [0.25, 0.3) is 0 Å². The Morgan fingerprint density at radius 3 is 2.84 bits per heavy atom. The lowest BCUT2D eigenvalue weighted by Gasteiger charge is -2.33. The molecule has 0 bridgehead atoms. The average molecular weight is 265 g/mol. The van der Waals surface area contributed by atoms with E-state index in [1.54, 1.807) is 19.2 Å². The van der Waals surface area contributed by atoms with E-state index in [0.29, 0.717) is 17.9 Å². The zero-order chi connectivity index (χ0) is 13.8. The maximum absolute atomic E-state index is 11.5. The van der Waals surface area contributed by atoms with Crippen LogP contribution in [0, 0.1) is 0 Å². The number of ether oxygens (including phenoxy) is 3. The highest BCUT2D eigenvalue weighted by Gasteiger charge is 2.20. The first-order valence-electron chi connectivity index (χ1n) is 6.28. The van der Waals surface area contributed by atoms with Gasteiger partial charge in [0.05, 0.1) is 38.2 Å². The molecule has 1 saturated heterocycles. The molecule has 1 fully saturated rings. The lowest BCUT2D eigenvalue weighted by molar-refractivity contribution is 0.0530. The molecule has 0 spiro atoms. The van der Waals surface area contributed by atoms with Gasteiger partial charge in [-0.25, -0.2) is 4.79 Å². The molecular formula is C14H19NO4. The van der Waals surface area contributed by atoms with E-state index in [4.69, 9.17) is 14.2 Å². The van der Waals surface area contributed by atoms with E-state index in [-0.39, 0.29) is 12.1 Å². The normalized spacial score (nSPS) is 19.1. The smallest absolute Gasteiger partial charge is 0.337 e. The van der Waals surface area contributed by atoms with Crippen LogP contribution in [0.2, 0.25) is 0 Å². The van der Waals surface area contributed by atoms with Gasteiger partial charge in [0, 0.05) is 13.1 Å². The van der Waals surface area contributed by atoms with E-state index >= 15 is 0 Å². The predicted molar refractivity (Wildman–Crippen MR) is 72.0 cm³/mol. The van der Waals surface area contributed by atoms with Crippen LogP contribution in [-0.4, -0.2) is 46.0 Å². The first kappa shape index (κ1) is 13.7. The van der Waals surface area contributed by atoms with Crippen molar-refractivity contribution in [2.75, 3.05) is 38.8 Å². The van der Waals surface area contributed by atoms with Crippen molar-refractivity contribution in [1.29, 1.82) is 0 Å². The van der Waals surface area contributed by atoms with Crippen molar-refractivity contribution in [3.63, 3.8) is 0 Å². The maximum Gasteiger partial charge on any atom is 0.337 e. The Morgan fingerprint density at radius 1 is 1.42 bits per heavy atom. The number of anilines is 1. The molecule has 1 unspecified atom stereocenters. The number of hydrogen-bond donors (Lipinski definition) is 0. The van der Waals surface area contributed by atoms with Crippen molar-refractivity contribution >= 4 is 11.7 Å². The molecule has 1 aromatic carbocycles. The van der Waals surface area contributed by atoms with Crippen LogP contribution < -0.4 is 9.64 Å².